The highest BCUT2D eigenvalue weighted by Crippen LogP contribution is 2.64. The molecule has 1 aliphatic rings. The number of rotatable bonds is 3. The van der Waals surface area contributed by atoms with Gasteiger partial charge < -0.3 is 9.84 Å². The summed E-state index contributed by atoms with van der Waals surface area (Å²) in [6, 6.07) is 4.64. The second-order valence-corrected chi connectivity index (χ2v) is 5.01. The first-order valence-corrected chi connectivity index (χ1v) is 5.46. The number of carbonyl (C=O) groups is 1. The van der Waals surface area contributed by atoms with E-state index in [1.807, 2.05) is 13.8 Å². The molecule has 4 heteroatoms. The van der Waals surface area contributed by atoms with Crippen molar-refractivity contribution < 1.29 is 19.0 Å². The summed E-state index contributed by atoms with van der Waals surface area (Å²) in [4.78, 5) is 11.1. The van der Waals surface area contributed by atoms with Gasteiger partial charge in [0.1, 0.15) is 0 Å². The number of hydrogen-bond acceptors (Lipinski definition) is 2. The Kier molecular flexibility index (Phi) is 2.60. The number of halogens is 1. The third-order valence-electron chi connectivity index (χ3n) is 3.63. The number of ether oxygens (including phenoxy) is 1. The van der Waals surface area contributed by atoms with Crippen LogP contribution in [0.3, 0.4) is 0 Å². The molecule has 1 aliphatic carbocycles. The third kappa shape index (κ3) is 1.77. The summed E-state index contributed by atoms with van der Waals surface area (Å²) in [5.41, 5.74) is 0.410. The van der Waals surface area contributed by atoms with Crippen molar-refractivity contribution in [1.82, 2.24) is 0 Å². The van der Waals surface area contributed by atoms with Crippen molar-refractivity contribution >= 4 is 5.97 Å². The monoisotopic (exact) mass is 238 g/mol. The van der Waals surface area contributed by atoms with Crippen LogP contribution in [0.1, 0.15) is 25.3 Å². The van der Waals surface area contributed by atoms with E-state index < -0.39 is 17.7 Å². The fraction of sp³-hybridized carbons (Fsp3) is 0.462. The molecular weight excluding hydrogens is 223 g/mol. The smallest absolute Gasteiger partial charge is 0.307 e. The molecule has 1 fully saturated rings. The summed E-state index contributed by atoms with van der Waals surface area (Å²) in [6.07, 6.45) is 0. The van der Waals surface area contributed by atoms with Crippen LogP contribution < -0.4 is 4.74 Å². The maximum absolute atomic E-state index is 13.5. The van der Waals surface area contributed by atoms with Crippen LogP contribution in [0.25, 0.3) is 0 Å². The predicted octanol–water partition coefficient (Wildman–Crippen LogP) is 2.66. The molecule has 0 aliphatic heterocycles. The second kappa shape index (κ2) is 3.72. The van der Waals surface area contributed by atoms with Crippen LogP contribution in [0.4, 0.5) is 4.39 Å². The van der Waals surface area contributed by atoms with E-state index in [2.05, 4.69) is 0 Å². The van der Waals surface area contributed by atoms with Crippen LogP contribution in [-0.4, -0.2) is 18.2 Å². The third-order valence-corrected chi connectivity index (χ3v) is 3.63. The minimum absolute atomic E-state index is 0.125. The van der Waals surface area contributed by atoms with Crippen molar-refractivity contribution in [3.05, 3.63) is 29.6 Å². The van der Waals surface area contributed by atoms with E-state index in [1.54, 1.807) is 6.07 Å². The standard InChI is InChI=1S/C13H15FO3/c1-13(2)10(11(13)12(15)16)7-4-5-9(17-3)8(14)6-7/h4-6,10-11H,1-3H3,(H,15,16). The fourth-order valence-electron chi connectivity index (χ4n) is 2.60. The normalized spacial score (nSPS) is 25.4. The van der Waals surface area contributed by atoms with E-state index >= 15 is 0 Å². The molecule has 0 spiro atoms. The molecule has 1 saturated carbocycles. The van der Waals surface area contributed by atoms with E-state index in [-0.39, 0.29) is 17.1 Å². The minimum Gasteiger partial charge on any atom is -0.494 e. The first kappa shape index (κ1) is 11.9. The van der Waals surface area contributed by atoms with E-state index in [4.69, 9.17) is 9.84 Å². The Hall–Kier alpha value is -1.58. The largest absolute Gasteiger partial charge is 0.494 e. The van der Waals surface area contributed by atoms with Crippen LogP contribution in [-0.2, 0) is 4.79 Å². The molecule has 0 saturated heterocycles. The number of carboxylic acid groups (broad SMARTS) is 1. The van der Waals surface area contributed by atoms with Crippen LogP contribution in [0.15, 0.2) is 18.2 Å². The molecule has 1 aromatic rings. The Morgan fingerprint density at radius 3 is 2.53 bits per heavy atom. The van der Waals surface area contributed by atoms with Gasteiger partial charge in [0, 0.05) is 5.92 Å². The van der Waals surface area contributed by atoms with Gasteiger partial charge in [-0.1, -0.05) is 19.9 Å². The predicted molar refractivity (Wildman–Crippen MR) is 60.6 cm³/mol. The molecule has 0 amide bonds. The van der Waals surface area contributed by atoms with E-state index in [0.29, 0.717) is 0 Å². The van der Waals surface area contributed by atoms with Crippen LogP contribution >= 0.6 is 0 Å². The van der Waals surface area contributed by atoms with Gasteiger partial charge in [-0.05, 0) is 23.1 Å². The van der Waals surface area contributed by atoms with Gasteiger partial charge in [0.15, 0.2) is 11.6 Å². The first-order chi connectivity index (χ1) is 7.89. The summed E-state index contributed by atoms with van der Waals surface area (Å²) >= 11 is 0. The molecule has 0 radical (unpaired) electrons. The van der Waals surface area contributed by atoms with E-state index in [1.165, 1.54) is 19.2 Å². The van der Waals surface area contributed by atoms with Gasteiger partial charge in [-0.25, -0.2) is 4.39 Å². The molecule has 2 atom stereocenters. The van der Waals surface area contributed by atoms with Gasteiger partial charge in [0.05, 0.1) is 13.0 Å². The average Bonchev–Trinajstić information content (AvgIpc) is 2.81. The molecule has 3 nitrogen and oxygen atoms in total. The molecule has 0 bridgehead atoms. The quantitative estimate of drug-likeness (QED) is 0.880. The Labute approximate surface area is 99.2 Å². The summed E-state index contributed by atoms with van der Waals surface area (Å²) < 4.78 is 18.4. The Bertz CT molecular complexity index is 468. The lowest BCUT2D eigenvalue weighted by Gasteiger charge is -2.06. The van der Waals surface area contributed by atoms with Crippen LogP contribution in [0.2, 0.25) is 0 Å². The number of methoxy groups -OCH3 is 1. The number of carboxylic acids is 1. The number of aliphatic carboxylic acids is 1. The molecular formula is C13H15FO3. The molecule has 1 aromatic carbocycles. The topological polar surface area (TPSA) is 46.5 Å². The van der Waals surface area contributed by atoms with Gasteiger partial charge in [-0.2, -0.15) is 0 Å². The minimum atomic E-state index is -0.823. The lowest BCUT2D eigenvalue weighted by Crippen LogP contribution is -2.03. The summed E-state index contributed by atoms with van der Waals surface area (Å²) in [5, 5.41) is 9.07. The van der Waals surface area contributed by atoms with Crippen molar-refractivity contribution in [3.8, 4) is 5.75 Å². The zero-order valence-electron chi connectivity index (χ0n) is 10.0. The van der Waals surface area contributed by atoms with Crippen molar-refractivity contribution in [2.75, 3.05) is 7.11 Å². The molecule has 0 heterocycles. The molecule has 0 aromatic heterocycles. The zero-order chi connectivity index (χ0) is 12.8. The van der Waals surface area contributed by atoms with E-state index in [9.17, 15) is 9.18 Å². The SMILES string of the molecule is COc1ccc(C2C(C(=O)O)C2(C)C)cc1F. The Morgan fingerprint density at radius 2 is 2.12 bits per heavy atom. The second-order valence-electron chi connectivity index (χ2n) is 5.01. The number of hydrogen-bond donors (Lipinski definition) is 1. The first-order valence-electron chi connectivity index (χ1n) is 5.46. The van der Waals surface area contributed by atoms with Crippen molar-refractivity contribution in [2.24, 2.45) is 11.3 Å². The lowest BCUT2D eigenvalue weighted by molar-refractivity contribution is -0.139. The molecule has 17 heavy (non-hydrogen) atoms. The van der Waals surface area contributed by atoms with Crippen LogP contribution in [0.5, 0.6) is 5.75 Å². The van der Waals surface area contributed by atoms with Gasteiger partial charge in [0.25, 0.3) is 0 Å². The van der Waals surface area contributed by atoms with Crippen molar-refractivity contribution in [1.29, 1.82) is 0 Å². The maximum Gasteiger partial charge on any atom is 0.307 e. The van der Waals surface area contributed by atoms with E-state index in [0.717, 1.165) is 5.56 Å². The fourth-order valence-corrected chi connectivity index (χ4v) is 2.60. The highest BCUT2D eigenvalue weighted by Gasteiger charge is 2.62. The Balaban J connectivity index is 2.31. The van der Waals surface area contributed by atoms with Gasteiger partial charge in [0.2, 0.25) is 0 Å². The average molecular weight is 238 g/mol. The molecule has 1 N–H and O–H groups in total. The van der Waals surface area contributed by atoms with Gasteiger partial charge in [-0.15, -0.1) is 0 Å². The molecule has 2 rings (SSSR count). The number of benzene rings is 1. The van der Waals surface area contributed by atoms with Gasteiger partial charge >= 0.3 is 5.97 Å². The Morgan fingerprint density at radius 1 is 1.47 bits per heavy atom. The maximum atomic E-state index is 13.5. The molecule has 92 valence electrons. The highest BCUT2D eigenvalue weighted by molar-refractivity contribution is 5.77. The highest BCUT2D eigenvalue weighted by atomic mass is 19.1. The zero-order valence-corrected chi connectivity index (χ0v) is 10.0. The van der Waals surface area contributed by atoms with Crippen molar-refractivity contribution in [2.45, 2.75) is 19.8 Å². The summed E-state index contributed by atoms with van der Waals surface area (Å²) in [5.74, 6) is -1.65. The van der Waals surface area contributed by atoms with Crippen LogP contribution in [0, 0.1) is 17.2 Å². The van der Waals surface area contributed by atoms with Crippen molar-refractivity contribution in [3.63, 3.8) is 0 Å². The molecule has 2 unspecified atom stereocenters. The summed E-state index contributed by atoms with van der Waals surface area (Å²) in [7, 11) is 1.40. The summed E-state index contributed by atoms with van der Waals surface area (Å²) in [6.45, 7) is 3.77. The lowest BCUT2D eigenvalue weighted by atomic mass is 10.0. The van der Waals surface area contributed by atoms with Gasteiger partial charge in [-0.3, -0.25) is 4.79 Å².